The van der Waals surface area contributed by atoms with Crippen molar-refractivity contribution in [2.24, 2.45) is 0 Å². The van der Waals surface area contributed by atoms with Gasteiger partial charge >= 0.3 is 5.97 Å². The van der Waals surface area contributed by atoms with Crippen LogP contribution in [0.1, 0.15) is 52.6 Å². The Hall–Kier alpha value is -4.28. The van der Waals surface area contributed by atoms with E-state index in [1.54, 1.807) is 36.4 Å². The predicted octanol–water partition coefficient (Wildman–Crippen LogP) is 5.76. The van der Waals surface area contributed by atoms with Crippen molar-refractivity contribution >= 4 is 28.0 Å². The number of fused-ring (bicyclic) bond motifs is 2. The summed E-state index contributed by atoms with van der Waals surface area (Å²) in [4.78, 5) is 23.6. The Bertz CT molecular complexity index is 1750. The summed E-state index contributed by atoms with van der Waals surface area (Å²) >= 11 is 0. The largest absolute Gasteiger partial charge is 0.478 e. The lowest BCUT2D eigenvalue weighted by molar-refractivity contribution is -0.0592. The van der Waals surface area contributed by atoms with Gasteiger partial charge in [-0.2, -0.15) is 0 Å². The Morgan fingerprint density at radius 2 is 1.93 bits per heavy atom. The molecule has 1 unspecified atom stereocenters. The van der Waals surface area contributed by atoms with Crippen LogP contribution in [0.15, 0.2) is 65.3 Å². The molecule has 1 N–H and O–H groups in total. The van der Waals surface area contributed by atoms with Crippen molar-refractivity contribution in [3.8, 4) is 5.88 Å². The fourth-order valence-electron chi connectivity index (χ4n) is 5.89. The third-order valence-electron chi connectivity index (χ3n) is 8.39. The van der Waals surface area contributed by atoms with Gasteiger partial charge in [0.05, 0.1) is 42.1 Å². The number of hydrogen-bond donors (Lipinski definition) is 1. The first-order valence-electron chi connectivity index (χ1n) is 14.3. The van der Waals surface area contributed by atoms with E-state index in [9.17, 15) is 14.3 Å². The van der Waals surface area contributed by atoms with Crippen LogP contribution in [-0.4, -0.2) is 56.3 Å². The van der Waals surface area contributed by atoms with E-state index in [0.29, 0.717) is 30.5 Å². The van der Waals surface area contributed by atoms with Crippen molar-refractivity contribution < 1.29 is 28.2 Å². The molecule has 1 atom stereocenters. The van der Waals surface area contributed by atoms with Gasteiger partial charge in [-0.05, 0) is 62.7 Å². The molecule has 3 aromatic heterocycles. The lowest BCUT2D eigenvalue weighted by Crippen LogP contribution is -2.35. The monoisotopic (exact) mass is 570 g/mol. The van der Waals surface area contributed by atoms with E-state index in [1.807, 2.05) is 18.2 Å². The van der Waals surface area contributed by atoms with Crippen LogP contribution in [0.2, 0.25) is 0 Å². The number of furan rings is 1. The highest BCUT2D eigenvalue weighted by Gasteiger charge is 2.26. The average Bonchev–Trinajstić information content (AvgIpc) is 3.60. The van der Waals surface area contributed by atoms with Crippen molar-refractivity contribution in [2.75, 3.05) is 19.7 Å². The summed E-state index contributed by atoms with van der Waals surface area (Å²) in [5, 5.41) is 10.2. The maximum atomic E-state index is 14.8. The number of carboxylic acids is 1. The summed E-state index contributed by atoms with van der Waals surface area (Å²) in [5.74, 6) is 0.341. The van der Waals surface area contributed by atoms with Gasteiger partial charge in [-0.25, -0.2) is 19.2 Å². The molecule has 0 aliphatic carbocycles. The molecule has 7 rings (SSSR count). The standard InChI is InChI=1S/C32H31FN4O5/c33-30-23(5-4-21-10-14-41-31(21)30)19-42-29-3-1-2-25(35-29)20-8-12-36(13-9-20)18-28-34-26-7-6-22(32(38)39)16-27(26)37(28)17-24-11-15-40-24/h1-7,10,14,16,20,24H,8-9,11-13,15,17-19H2,(H,38,39). The molecule has 10 heteroatoms. The Labute approximate surface area is 241 Å². The molecule has 2 fully saturated rings. The van der Waals surface area contributed by atoms with Crippen LogP contribution in [0.4, 0.5) is 4.39 Å². The smallest absolute Gasteiger partial charge is 0.335 e. The van der Waals surface area contributed by atoms with E-state index in [4.69, 9.17) is 23.9 Å². The molecule has 0 bridgehead atoms. The highest BCUT2D eigenvalue weighted by molar-refractivity contribution is 5.92. The Morgan fingerprint density at radius 1 is 1.07 bits per heavy atom. The van der Waals surface area contributed by atoms with Crippen molar-refractivity contribution in [1.82, 2.24) is 19.4 Å². The van der Waals surface area contributed by atoms with Gasteiger partial charge in [0.1, 0.15) is 12.4 Å². The van der Waals surface area contributed by atoms with Crippen molar-refractivity contribution in [3.05, 3.63) is 89.3 Å². The molecular formula is C32H31FN4O5. The molecule has 9 nitrogen and oxygen atoms in total. The molecule has 0 amide bonds. The van der Waals surface area contributed by atoms with Gasteiger partial charge in [-0.15, -0.1) is 0 Å². The third-order valence-corrected chi connectivity index (χ3v) is 8.39. The summed E-state index contributed by atoms with van der Waals surface area (Å²) in [6, 6.07) is 16.1. The van der Waals surface area contributed by atoms with Gasteiger partial charge in [0, 0.05) is 35.2 Å². The van der Waals surface area contributed by atoms with Crippen LogP contribution in [0, 0.1) is 5.82 Å². The number of pyridine rings is 1. The van der Waals surface area contributed by atoms with Crippen LogP contribution in [0.3, 0.4) is 0 Å². The number of rotatable bonds is 9. The zero-order chi connectivity index (χ0) is 28.6. The van der Waals surface area contributed by atoms with Crippen LogP contribution in [-0.2, 0) is 24.4 Å². The number of ether oxygens (including phenoxy) is 2. The van der Waals surface area contributed by atoms with E-state index in [-0.39, 0.29) is 23.9 Å². The van der Waals surface area contributed by atoms with Crippen LogP contribution in [0.5, 0.6) is 5.88 Å². The molecule has 2 aliphatic heterocycles. The number of aromatic carboxylic acids is 1. The maximum Gasteiger partial charge on any atom is 0.335 e. The highest BCUT2D eigenvalue weighted by Crippen LogP contribution is 2.30. The second-order valence-corrected chi connectivity index (χ2v) is 11.0. The van der Waals surface area contributed by atoms with Crippen LogP contribution < -0.4 is 4.74 Å². The molecule has 2 aromatic carbocycles. The first-order valence-corrected chi connectivity index (χ1v) is 14.3. The van der Waals surface area contributed by atoms with Crippen LogP contribution in [0.25, 0.3) is 22.0 Å². The number of nitrogens with zero attached hydrogens (tertiary/aromatic N) is 4. The molecule has 0 spiro atoms. The molecule has 5 aromatic rings. The predicted molar refractivity (Wildman–Crippen MR) is 153 cm³/mol. The van der Waals surface area contributed by atoms with E-state index >= 15 is 0 Å². The topological polar surface area (TPSA) is 103 Å². The highest BCUT2D eigenvalue weighted by atomic mass is 19.1. The minimum absolute atomic E-state index is 0.0677. The number of hydrogen-bond acceptors (Lipinski definition) is 7. The fraction of sp³-hybridized carbons (Fsp3) is 0.344. The second-order valence-electron chi connectivity index (χ2n) is 11.0. The molecule has 2 saturated heterocycles. The Morgan fingerprint density at radius 3 is 2.71 bits per heavy atom. The third kappa shape index (κ3) is 5.23. The molecule has 0 radical (unpaired) electrons. The van der Waals surface area contributed by atoms with Gasteiger partial charge in [0.15, 0.2) is 11.4 Å². The fourth-order valence-corrected chi connectivity index (χ4v) is 5.89. The maximum absolute atomic E-state index is 14.8. The van der Waals surface area contributed by atoms with Crippen molar-refractivity contribution in [2.45, 2.75) is 51.0 Å². The minimum Gasteiger partial charge on any atom is -0.478 e. The number of carbonyl (C=O) groups is 1. The van der Waals surface area contributed by atoms with Gasteiger partial charge in [0.2, 0.25) is 5.88 Å². The molecule has 42 heavy (non-hydrogen) atoms. The zero-order valence-corrected chi connectivity index (χ0v) is 23.0. The molecule has 2 aliphatic rings. The van der Waals surface area contributed by atoms with Crippen molar-refractivity contribution in [1.29, 1.82) is 0 Å². The summed E-state index contributed by atoms with van der Waals surface area (Å²) in [7, 11) is 0. The van der Waals surface area contributed by atoms with E-state index in [1.165, 1.54) is 6.26 Å². The average molecular weight is 571 g/mol. The quantitative estimate of drug-likeness (QED) is 0.239. The molecule has 0 saturated carbocycles. The number of halogens is 1. The first kappa shape index (κ1) is 26.6. The lowest BCUT2D eigenvalue weighted by Gasteiger charge is -2.32. The number of aromatic nitrogens is 3. The molecular weight excluding hydrogens is 539 g/mol. The van der Waals surface area contributed by atoms with Gasteiger partial charge in [0.25, 0.3) is 0 Å². The zero-order valence-electron chi connectivity index (χ0n) is 23.0. The summed E-state index contributed by atoms with van der Waals surface area (Å²) in [6.45, 7) is 3.95. The summed E-state index contributed by atoms with van der Waals surface area (Å²) in [5.41, 5.74) is 3.53. The Balaban J connectivity index is 1.01. The number of piperidine rings is 1. The SMILES string of the molecule is O=C(O)c1ccc2nc(CN3CCC(c4cccc(OCc5ccc6ccoc6c5F)n4)CC3)n(CC3CCO3)c2c1. The van der Waals surface area contributed by atoms with Gasteiger partial charge in [-0.1, -0.05) is 18.2 Å². The van der Waals surface area contributed by atoms with E-state index in [0.717, 1.165) is 66.9 Å². The lowest BCUT2D eigenvalue weighted by atomic mass is 9.93. The normalized spacial score (nSPS) is 18.0. The van der Waals surface area contributed by atoms with Gasteiger partial charge < -0.3 is 23.6 Å². The second kappa shape index (κ2) is 11.2. The number of likely N-dealkylation sites (tertiary alicyclic amines) is 1. The number of benzene rings is 2. The first-order chi connectivity index (χ1) is 20.5. The molecule has 5 heterocycles. The van der Waals surface area contributed by atoms with Crippen LogP contribution >= 0.6 is 0 Å². The number of carboxylic acid groups (broad SMARTS) is 1. The van der Waals surface area contributed by atoms with Crippen molar-refractivity contribution in [3.63, 3.8) is 0 Å². The summed E-state index contributed by atoms with van der Waals surface area (Å²) < 4.78 is 33.7. The summed E-state index contributed by atoms with van der Waals surface area (Å²) in [6.07, 6.45) is 4.48. The van der Waals surface area contributed by atoms with Gasteiger partial charge in [-0.3, -0.25) is 4.90 Å². The van der Waals surface area contributed by atoms with E-state index < -0.39 is 11.8 Å². The van der Waals surface area contributed by atoms with E-state index in [2.05, 4.69) is 9.47 Å². The Kier molecular flexibility index (Phi) is 7.09. The minimum atomic E-state index is -0.946. The molecule has 216 valence electrons. The number of imidazole rings is 1.